The van der Waals surface area contributed by atoms with Gasteiger partial charge in [0.05, 0.1) is 12.7 Å². The molecule has 1 heterocycles. The second-order valence-electron chi connectivity index (χ2n) is 4.65. The van der Waals surface area contributed by atoms with Gasteiger partial charge in [0.2, 0.25) is 0 Å². The topological polar surface area (TPSA) is 41.5 Å². The van der Waals surface area contributed by atoms with Gasteiger partial charge in [-0.3, -0.25) is 0 Å². The molecule has 2 N–H and O–H groups in total. The van der Waals surface area contributed by atoms with Gasteiger partial charge < -0.3 is 15.2 Å². The van der Waals surface area contributed by atoms with Crippen molar-refractivity contribution in [1.29, 1.82) is 0 Å². The van der Waals surface area contributed by atoms with E-state index in [9.17, 15) is 5.11 Å². The van der Waals surface area contributed by atoms with Gasteiger partial charge in [-0.2, -0.15) is 11.3 Å². The summed E-state index contributed by atoms with van der Waals surface area (Å²) in [6.07, 6.45) is 5.33. The number of aliphatic hydroxyl groups excluding tert-OH is 1. The van der Waals surface area contributed by atoms with Crippen molar-refractivity contribution in [2.45, 2.75) is 19.1 Å². The average molecular weight is 301 g/mol. The first kappa shape index (κ1) is 15.6. The Kier molecular flexibility index (Phi) is 6.29. The fraction of sp³-hybridized carbons (Fsp3) is 0.294. The lowest BCUT2D eigenvalue weighted by Gasteiger charge is -2.11. The molecular formula is C17H19NO2S. The maximum Gasteiger partial charge on any atom is 0.119 e. The smallest absolute Gasteiger partial charge is 0.119 e. The molecule has 1 aromatic carbocycles. The van der Waals surface area contributed by atoms with Crippen LogP contribution in [-0.2, 0) is 6.54 Å². The van der Waals surface area contributed by atoms with Gasteiger partial charge in [0.1, 0.15) is 5.75 Å². The summed E-state index contributed by atoms with van der Waals surface area (Å²) in [7, 11) is 0. The van der Waals surface area contributed by atoms with Gasteiger partial charge in [0, 0.05) is 19.5 Å². The normalized spacial score (nSPS) is 11.8. The van der Waals surface area contributed by atoms with Crippen LogP contribution in [0.2, 0.25) is 0 Å². The molecule has 21 heavy (non-hydrogen) atoms. The highest BCUT2D eigenvalue weighted by atomic mass is 32.1. The van der Waals surface area contributed by atoms with E-state index in [4.69, 9.17) is 11.2 Å². The average Bonchev–Trinajstić information content (AvgIpc) is 3.03. The van der Waals surface area contributed by atoms with E-state index in [2.05, 4.69) is 11.2 Å². The summed E-state index contributed by atoms with van der Waals surface area (Å²) in [6, 6.07) is 9.83. The third-order valence-electron chi connectivity index (χ3n) is 3.03. The molecule has 110 valence electrons. The van der Waals surface area contributed by atoms with Crippen LogP contribution in [0.3, 0.4) is 0 Å². The highest BCUT2D eigenvalue weighted by molar-refractivity contribution is 7.07. The summed E-state index contributed by atoms with van der Waals surface area (Å²) in [6.45, 7) is 1.80. The molecular weight excluding hydrogens is 282 g/mol. The molecule has 0 aliphatic rings. The van der Waals surface area contributed by atoms with Gasteiger partial charge in [-0.15, -0.1) is 12.3 Å². The van der Waals surface area contributed by atoms with Crippen molar-refractivity contribution in [2.24, 2.45) is 0 Å². The van der Waals surface area contributed by atoms with Crippen LogP contribution >= 0.6 is 11.3 Å². The van der Waals surface area contributed by atoms with Crippen molar-refractivity contribution in [3.05, 3.63) is 52.2 Å². The predicted molar refractivity (Wildman–Crippen MR) is 86.4 cm³/mol. The Hall–Kier alpha value is -1.80. The minimum absolute atomic E-state index is 0.456. The number of hydrogen-bond donors (Lipinski definition) is 2. The minimum atomic E-state index is -0.456. The number of benzene rings is 1. The van der Waals surface area contributed by atoms with E-state index >= 15 is 0 Å². The molecule has 1 unspecified atom stereocenters. The molecule has 0 aliphatic carbocycles. The molecule has 0 saturated carbocycles. The number of ether oxygens (including phenoxy) is 1. The molecule has 0 amide bonds. The first-order chi connectivity index (χ1) is 10.3. The van der Waals surface area contributed by atoms with Gasteiger partial charge >= 0.3 is 0 Å². The summed E-state index contributed by atoms with van der Waals surface area (Å²) in [5, 5.41) is 17.1. The van der Waals surface area contributed by atoms with Crippen LogP contribution in [-0.4, -0.2) is 18.3 Å². The highest BCUT2D eigenvalue weighted by Gasteiger charge is 2.06. The van der Waals surface area contributed by atoms with E-state index in [-0.39, 0.29) is 0 Å². The predicted octanol–water partition coefficient (Wildman–Crippen LogP) is 2.97. The molecule has 0 bridgehead atoms. The van der Waals surface area contributed by atoms with E-state index in [0.717, 1.165) is 16.9 Å². The monoisotopic (exact) mass is 301 g/mol. The lowest BCUT2D eigenvalue weighted by atomic mass is 10.2. The number of thiophene rings is 1. The Balaban J connectivity index is 1.72. The largest absolute Gasteiger partial charge is 0.493 e. The maximum absolute atomic E-state index is 9.96. The second kappa shape index (κ2) is 8.48. The van der Waals surface area contributed by atoms with E-state index < -0.39 is 6.10 Å². The molecule has 1 atom stereocenters. The lowest BCUT2D eigenvalue weighted by molar-refractivity contribution is 0.175. The summed E-state index contributed by atoms with van der Waals surface area (Å²) < 4.78 is 5.49. The third-order valence-corrected chi connectivity index (χ3v) is 3.73. The van der Waals surface area contributed by atoms with E-state index in [1.54, 1.807) is 11.3 Å². The standard InChI is InChI=1S/C17H19NO2S/c1-2-3-9-20-16-6-4-14(5-7-16)11-18-12-17(19)15-8-10-21-13-15/h1,4-8,10,13,17-19H,3,9,11-12H2. The number of hydrogen-bond acceptors (Lipinski definition) is 4. The number of rotatable bonds is 8. The molecule has 3 nitrogen and oxygen atoms in total. The fourth-order valence-corrected chi connectivity index (χ4v) is 2.57. The van der Waals surface area contributed by atoms with Crippen LogP contribution in [0.1, 0.15) is 23.7 Å². The SMILES string of the molecule is C#CCCOc1ccc(CNCC(O)c2ccsc2)cc1. The number of nitrogens with one attached hydrogen (secondary N) is 1. The number of terminal acetylenes is 1. The Morgan fingerprint density at radius 2 is 2.10 bits per heavy atom. The van der Waals surface area contributed by atoms with E-state index in [1.165, 1.54) is 0 Å². The molecule has 0 spiro atoms. The first-order valence-electron chi connectivity index (χ1n) is 6.85. The quantitative estimate of drug-likeness (QED) is 0.582. The van der Waals surface area contributed by atoms with Crippen LogP contribution in [0, 0.1) is 12.3 Å². The van der Waals surface area contributed by atoms with Gasteiger partial charge in [0.25, 0.3) is 0 Å². The molecule has 2 aromatic rings. The molecule has 0 radical (unpaired) electrons. The van der Waals surface area contributed by atoms with Gasteiger partial charge in [0.15, 0.2) is 0 Å². The first-order valence-corrected chi connectivity index (χ1v) is 7.80. The molecule has 0 aliphatic heterocycles. The lowest BCUT2D eigenvalue weighted by Crippen LogP contribution is -2.20. The third kappa shape index (κ3) is 5.24. The van der Waals surface area contributed by atoms with Crippen molar-refractivity contribution in [2.75, 3.05) is 13.2 Å². The van der Waals surface area contributed by atoms with E-state index in [1.807, 2.05) is 41.1 Å². The van der Waals surface area contributed by atoms with Gasteiger partial charge in [-0.25, -0.2) is 0 Å². The van der Waals surface area contributed by atoms with E-state index in [0.29, 0.717) is 26.1 Å². The second-order valence-corrected chi connectivity index (χ2v) is 5.43. The van der Waals surface area contributed by atoms with Crippen molar-refractivity contribution in [3.63, 3.8) is 0 Å². The van der Waals surface area contributed by atoms with Crippen LogP contribution in [0.15, 0.2) is 41.1 Å². The summed E-state index contributed by atoms with van der Waals surface area (Å²) in [5.74, 6) is 3.37. The zero-order valence-corrected chi connectivity index (χ0v) is 12.6. The Morgan fingerprint density at radius 1 is 1.29 bits per heavy atom. The molecule has 1 aromatic heterocycles. The number of aliphatic hydroxyl groups is 1. The van der Waals surface area contributed by atoms with Crippen LogP contribution in [0.5, 0.6) is 5.75 Å². The zero-order chi connectivity index (χ0) is 14.9. The van der Waals surface area contributed by atoms with Crippen molar-refractivity contribution < 1.29 is 9.84 Å². The molecule has 0 saturated heterocycles. The van der Waals surface area contributed by atoms with Gasteiger partial charge in [-0.1, -0.05) is 12.1 Å². The molecule has 4 heteroatoms. The summed E-state index contributed by atoms with van der Waals surface area (Å²) in [5.41, 5.74) is 2.11. The van der Waals surface area contributed by atoms with Crippen molar-refractivity contribution in [1.82, 2.24) is 5.32 Å². The van der Waals surface area contributed by atoms with Gasteiger partial charge in [-0.05, 0) is 40.1 Å². The zero-order valence-electron chi connectivity index (χ0n) is 11.8. The van der Waals surface area contributed by atoms with Crippen LogP contribution < -0.4 is 10.1 Å². The minimum Gasteiger partial charge on any atom is -0.493 e. The highest BCUT2D eigenvalue weighted by Crippen LogP contribution is 2.16. The molecule has 0 fully saturated rings. The maximum atomic E-state index is 9.96. The Morgan fingerprint density at radius 3 is 2.76 bits per heavy atom. The Bertz CT molecular complexity index is 557. The van der Waals surface area contributed by atoms with Crippen molar-refractivity contribution in [3.8, 4) is 18.1 Å². The summed E-state index contributed by atoms with van der Waals surface area (Å²) in [4.78, 5) is 0. The Labute approximate surface area is 129 Å². The van der Waals surface area contributed by atoms with Crippen LogP contribution in [0.25, 0.3) is 0 Å². The molecule has 2 rings (SSSR count). The van der Waals surface area contributed by atoms with Crippen molar-refractivity contribution >= 4 is 11.3 Å². The fourth-order valence-electron chi connectivity index (χ4n) is 1.87. The van der Waals surface area contributed by atoms with Crippen LogP contribution in [0.4, 0.5) is 0 Å². The summed E-state index contributed by atoms with van der Waals surface area (Å²) >= 11 is 1.59.